The second-order valence-electron chi connectivity index (χ2n) is 3.95. The Morgan fingerprint density at radius 3 is 2.44 bits per heavy atom. The van der Waals surface area contributed by atoms with Gasteiger partial charge in [0.15, 0.2) is 0 Å². The van der Waals surface area contributed by atoms with Gasteiger partial charge in [0, 0.05) is 0 Å². The third-order valence-corrected chi connectivity index (χ3v) is 2.57. The maximum atomic E-state index is 13.3. The third kappa shape index (κ3) is 2.71. The minimum Gasteiger partial charge on any atom is -0.369 e. The molecular weight excluding hydrogens is 236 g/mol. The zero-order valence-corrected chi connectivity index (χ0v) is 9.49. The van der Waals surface area contributed by atoms with Crippen molar-refractivity contribution in [3.05, 3.63) is 59.7 Å². The van der Waals surface area contributed by atoms with Crippen LogP contribution in [0.1, 0.15) is 5.56 Å². The van der Waals surface area contributed by atoms with Gasteiger partial charge in [-0.15, -0.1) is 0 Å². The summed E-state index contributed by atoms with van der Waals surface area (Å²) in [6.45, 7) is 0. The quantitative estimate of drug-likeness (QED) is 0.890. The lowest BCUT2D eigenvalue weighted by atomic mass is 9.97. The van der Waals surface area contributed by atoms with E-state index in [1.807, 2.05) is 0 Å². The Labute approximate surface area is 103 Å². The van der Waals surface area contributed by atoms with Crippen LogP contribution < -0.4 is 5.73 Å². The summed E-state index contributed by atoms with van der Waals surface area (Å²) in [5.74, 6) is -1.37. The molecule has 0 saturated carbocycles. The average Bonchev–Trinajstić information content (AvgIpc) is 2.31. The van der Waals surface area contributed by atoms with Crippen molar-refractivity contribution >= 4 is 5.91 Å². The molecule has 1 amide bonds. The lowest BCUT2D eigenvalue weighted by Crippen LogP contribution is -2.14. The summed E-state index contributed by atoms with van der Waals surface area (Å²) in [5, 5.41) is 0. The fraction of sp³-hybridized carbons (Fsp3) is 0.0714. The molecule has 0 unspecified atom stereocenters. The molecule has 0 aliphatic carbocycles. The normalized spacial score (nSPS) is 10.3. The minimum absolute atomic E-state index is 0.00781. The van der Waals surface area contributed by atoms with Crippen LogP contribution in [0, 0.1) is 11.6 Å². The second kappa shape index (κ2) is 4.96. The van der Waals surface area contributed by atoms with Gasteiger partial charge in [0.25, 0.3) is 0 Å². The molecule has 0 fully saturated rings. The largest absolute Gasteiger partial charge is 0.369 e. The average molecular weight is 247 g/mol. The molecule has 2 N–H and O–H groups in total. The summed E-state index contributed by atoms with van der Waals surface area (Å²) in [7, 11) is 0. The smallest absolute Gasteiger partial charge is 0.221 e. The van der Waals surface area contributed by atoms with Gasteiger partial charge in [0.2, 0.25) is 5.91 Å². The van der Waals surface area contributed by atoms with Crippen molar-refractivity contribution in [1.29, 1.82) is 0 Å². The Balaban J connectivity index is 2.54. The second-order valence-corrected chi connectivity index (χ2v) is 3.95. The zero-order valence-electron chi connectivity index (χ0n) is 9.49. The Morgan fingerprint density at radius 2 is 1.78 bits per heavy atom. The predicted molar refractivity (Wildman–Crippen MR) is 64.7 cm³/mol. The van der Waals surface area contributed by atoms with Gasteiger partial charge in [-0.3, -0.25) is 4.79 Å². The standard InChI is InChI=1S/C14H11F2NO/c15-11-3-1-2-9(6-11)13-8-12(16)5-4-10(13)7-14(17)18/h1-6,8H,7H2,(H2,17,18). The van der Waals surface area contributed by atoms with Crippen LogP contribution in [0.25, 0.3) is 11.1 Å². The lowest BCUT2D eigenvalue weighted by Gasteiger charge is -2.08. The lowest BCUT2D eigenvalue weighted by molar-refractivity contribution is -0.117. The molecule has 18 heavy (non-hydrogen) atoms. The van der Waals surface area contributed by atoms with Crippen molar-refractivity contribution in [1.82, 2.24) is 0 Å². The first-order chi connectivity index (χ1) is 8.56. The van der Waals surface area contributed by atoms with E-state index in [1.165, 1.54) is 36.4 Å². The number of amides is 1. The molecule has 0 spiro atoms. The first kappa shape index (κ1) is 12.2. The van der Waals surface area contributed by atoms with Crippen LogP contribution in [0.5, 0.6) is 0 Å². The van der Waals surface area contributed by atoms with Crippen molar-refractivity contribution in [2.45, 2.75) is 6.42 Å². The molecule has 0 atom stereocenters. The first-order valence-electron chi connectivity index (χ1n) is 5.39. The van der Waals surface area contributed by atoms with Crippen LogP contribution in [0.15, 0.2) is 42.5 Å². The number of nitrogens with two attached hydrogens (primary N) is 1. The molecule has 0 radical (unpaired) electrons. The van der Waals surface area contributed by atoms with E-state index < -0.39 is 17.5 Å². The summed E-state index contributed by atoms with van der Waals surface area (Å²) >= 11 is 0. The highest BCUT2D eigenvalue weighted by molar-refractivity contribution is 5.80. The fourth-order valence-electron chi connectivity index (χ4n) is 1.82. The van der Waals surface area contributed by atoms with Gasteiger partial charge in [0.05, 0.1) is 6.42 Å². The SMILES string of the molecule is NC(=O)Cc1ccc(F)cc1-c1cccc(F)c1. The minimum atomic E-state index is -0.515. The molecule has 0 bridgehead atoms. The number of benzene rings is 2. The van der Waals surface area contributed by atoms with E-state index in [0.717, 1.165) is 0 Å². The molecule has 2 nitrogen and oxygen atoms in total. The Hall–Kier alpha value is -2.23. The molecule has 0 aliphatic heterocycles. The number of carbonyl (C=O) groups excluding carboxylic acids is 1. The number of primary amides is 1. The van der Waals surface area contributed by atoms with Gasteiger partial charge in [-0.25, -0.2) is 8.78 Å². The summed E-state index contributed by atoms with van der Waals surface area (Å²) in [6, 6.07) is 9.79. The first-order valence-corrected chi connectivity index (χ1v) is 5.39. The Bertz CT molecular complexity index is 596. The van der Waals surface area contributed by atoms with Crippen molar-refractivity contribution in [3.63, 3.8) is 0 Å². The molecule has 0 aromatic heterocycles. The highest BCUT2D eigenvalue weighted by Gasteiger charge is 2.09. The van der Waals surface area contributed by atoms with Crippen LogP contribution in [-0.2, 0) is 11.2 Å². The summed E-state index contributed by atoms with van der Waals surface area (Å²) in [5.41, 5.74) is 6.71. The van der Waals surface area contributed by atoms with Crippen LogP contribution in [0.2, 0.25) is 0 Å². The topological polar surface area (TPSA) is 43.1 Å². The van der Waals surface area contributed by atoms with Gasteiger partial charge < -0.3 is 5.73 Å². The molecule has 4 heteroatoms. The van der Waals surface area contributed by atoms with Crippen molar-refractivity contribution < 1.29 is 13.6 Å². The molecule has 2 rings (SSSR count). The number of rotatable bonds is 3. The van der Waals surface area contributed by atoms with Crippen LogP contribution >= 0.6 is 0 Å². The maximum absolute atomic E-state index is 13.3. The van der Waals surface area contributed by atoms with Crippen molar-refractivity contribution in [3.8, 4) is 11.1 Å². The van der Waals surface area contributed by atoms with Crippen LogP contribution in [0.3, 0.4) is 0 Å². The number of carbonyl (C=O) groups is 1. The van der Waals surface area contributed by atoms with Gasteiger partial charge in [-0.1, -0.05) is 18.2 Å². The third-order valence-electron chi connectivity index (χ3n) is 2.57. The van der Waals surface area contributed by atoms with E-state index in [4.69, 9.17) is 5.73 Å². The fourth-order valence-corrected chi connectivity index (χ4v) is 1.82. The van der Waals surface area contributed by atoms with E-state index in [-0.39, 0.29) is 6.42 Å². The van der Waals surface area contributed by atoms with Gasteiger partial charge >= 0.3 is 0 Å². The molecule has 0 heterocycles. The van der Waals surface area contributed by atoms with E-state index >= 15 is 0 Å². The summed E-state index contributed by atoms with van der Waals surface area (Å²) < 4.78 is 26.4. The number of hydrogen-bond donors (Lipinski definition) is 1. The zero-order chi connectivity index (χ0) is 13.1. The van der Waals surface area contributed by atoms with Crippen LogP contribution in [0.4, 0.5) is 8.78 Å². The van der Waals surface area contributed by atoms with Gasteiger partial charge in [-0.2, -0.15) is 0 Å². The molecule has 0 saturated heterocycles. The highest BCUT2D eigenvalue weighted by Crippen LogP contribution is 2.25. The van der Waals surface area contributed by atoms with Gasteiger partial charge in [0.1, 0.15) is 11.6 Å². The number of halogens is 2. The maximum Gasteiger partial charge on any atom is 0.221 e. The van der Waals surface area contributed by atoms with E-state index in [2.05, 4.69) is 0 Å². The Kier molecular flexibility index (Phi) is 3.37. The molecular formula is C14H11F2NO. The predicted octanol–water partition coefficient (Wildman–Crippen LogP) is 2.66. The van der Waals surface area contributed by atoms with Gasteiger partial charge in [-0.05, 0) is 41.0 Å². The summed E-state index contributed by atoms with van der Waals surface area (Å²) in [6.07, 6.45) is -0.00781. The molecule has 0 aliphatic rings. The molecule has 92 valence electrons. The van der Waals surface area contributed by atoms with E-state index in [0.29, 0.717) is 16.7 Å². The highest BCUT2D eigenvalue weighted by atomic mass is 19.1. The monoisotopic (exact) mass is 247 g/mol. The molecule has 2 aromatic carbocycles. The van der Waals surface area contributed by atoms with Crippen molar-refractivity contribution in [2.75, 3.05) is 0 Å². The van der Waals surface area contributed by atoms with Crippen molar-refractivity contribution in [2.24, 2.45) is 5.73 Å². The van der Waals surface area contributed by atoms with Crippen LogP contribution in [-0.4, -0.2) is 5.91 Å². The molecule has 2 aromatic rings. The summed E-state index contributed by atoms with van der Waals surface area (Å²) in [4.78, 5) is 11.0. The van der Waals surface area contributed by atoms with E-state index in [9.17, 15) is 13.6 Å². The Morgan fingerprint density at radius 1 is 1.06 bits per heavy atom. The van der Waals surface area contributed by atoms with E-state index in [1.54, 1.807) is 6.07 Å². The number of hydrogen-bond acceptors (Lipinski definition) is 1.